The lowest BCUT2D eigenvalue weighted by Crippen LogP contribution is -2.55. The predicted molar refractivity (Wildman–Crippen MR) is 114 cm³/mol. The van der Waals surface area contributed by atoms with Crippen LogP contribution in [0.2, 0.25) is 13.1 Å². The summed E-state index contributed by atoms with van der Waals surface area (Å²) in [6.07, 6.45) is 0. The molecule has 2 aromatic carbocycles. The third kappa shape index (κ3) is 5.38. The van der Waals surface area contributed by atoms with E-state index in [0.717, 1.165) is 6.54 Å². The summed E-state index contributed by atoms with van der Waals surface area (Å²) in [6, 6.07) is 21.7. The molecule has 1 heterocycles. The lowest BCUT2D eigenvalue weighted by molar-refractivity contribution is -0.768. The molecular formula is C21H27BF4N2Si. The van der Waals surface area contributed by atoms with Crippen molar-refractivity contribution < 1.29 is 21.9 Å². The molecule has 29 heavy (non-hydrogen) atoms. The predicted octanol–water partition coefficient (Wildman–Crippen LogP) is 4.52. The van der Waals surface area contributed by atoms with Crippen molar-refractivity contribution in [1.82, 2.24) is 4.68 Å². The highest BCUT2D eigenvalue weighted by Crippen LogP contribution is 2.14. The van der Waals surface area contributed by atoms with Crippen LogP contribution in [0.1, 0.15) is 18.3 Å². The maximum atomic E-state index is 9.75. The van der Waals surface area contributed by atoms with Crippen molar-refractivity contribution in [3.8, 4) is 5.69 Å². The van der Waals surface area contributed by atoms with Gasteiger partial charge in [-0.25, -0.2) is 0 Å². The van der Waals surface area contributed by atoms with Crippen LogP contribution in [0.15, 0.2) is 60.7 Å². The van der Waals surface area contributed by atoms with Crippen LogP contribution < -0.4 is 15.1 Å². The van der Waals surface area contributed by atoms with Crippen LogP contribution in [0.4, 0.5) is 17.3 Å². The van der Waals surface area contributed by atoms with Crippen molar-refractivity contribution in [2.75, 3.05) is 0 Å². The zero-order chi connectivity index (χ0) is 21.8. The van der Waals surface area contributed by atoms with E-state index in [2.05, 4.69) is 104 Å². The van der Waals surface area contributed by atoms with Gasteiger partial charge in [-0.1, -0.05) is 66.8 Å². The van der Waals surface area contributed by atoms with E-state index in [-0.39, 0.29) is 0 Å². The van der Waals surface area contributed by atoms with Crippen LogP contribution in [-0.4, -0.2) is 20.0 Å². The van der Waals surface area contributed by atoms with Gasteiger partial charge in [0.05, 0.1) is 5.69 Å². The van der Waals surface area contributed by atoms with Crippen molar-refractivity contribution in [1.29, 1.82) is 0 Å². The summed E-state index contributed by atoms with van der Waals surface area (Å²) < 4.78 is 43.8. The summed E-state index contributed by atoms with van der Waals surface area (Å²) in [5.41, 5.74) is 4.02. The monoisotopic (exact) mass is 422 g/mol. The summed E-state index contributed by atoms with van der Waals surface area (Å²) in [5, 5.41) is 3.05. The van der Waals surface area contributed by atoms with Gasteiger partial charge in [0.25, 0.3) is 0 Å². The zero-order valence-corrected chi connectivity index (χ0v) is 18.5. The van der Waals surface area contributed by atoms with Crippen molar-refractivity contribution in [2.45, 2.75) is 40.4 Å². The summed E-state index contributed by atoms with van der Waals surface area (Å²) in [5.74, 6) is 0. The molecule has 0 atom stereocenters. The van der Waals surface area contributed by atoms with Crippen molar-refractivity contribution in [2.24, 2.45) is 0 Å². The number of nitrogens with zero attached hydrogens (tertiary/aromatic N) is 2. The zero-order valence-electron chi connectivity index (χ0n) is 17.5. The van der Waals surface area contributed by atoms with Crippen molar-refractivity contribution in [3.05, 3.63) is 72.1 Å². The van der Waals surface area contributed by atoms with Crippen molar-refractivity contribution in [3.63, 3.8) is 0 Å². The highest BCUT2D eigenvalue weighted by atomic mass is 28.3. The fourth-order valence-electron chi connectivity index (χ4n) is 4.01. The molecule has 0 spiro atoms. The average molecular weight is 422 g/mol. The summed E-state index contributed by atoms with van der Waals surface area (Å²) >= 11 is 0. The van der Waals surface area contributed by atoms with Gasteiger partial charge in [0, 0.05) is 12.1 Å². The SMILES string of the molecule is CC[n+]1c(C)c([Si](C)(C)c2ccccc2)c(C)n1-c1ccccc1.F[B-](F)(F)F. The fraction of sp³-hybridized carbons (Fsp3) is 0.286. The largest absolute Gasteiger partial charge is 0.673 e. The Bertz CT molecular complexity index is 933. The summed E-state index contributed by atoms with van der Waals surface area (Å²) in [4.78, 5) is 0. The number of hydrogen-bond donors (Lipinski definition) is 0. The van der Waals surface area contributed by atoms with Gasteiger partial charge >= 0.3 is 7.25 Å². The van der Waals surface area contributed by atoms with Gasteiger partial charge in [0.2, 0.25) is 5.69 Å². The molecule has 0 radical (unpaired) electrons. The van der Waals surface area contributed by atoms with E-state index in [1.807, 2.05) is 0 Å². The lowest BCUT2D eigenvalue weighted by Gasteiger charge is -2.22. The second kappa shape index (κ2) is 8.99. The van der Waals surface area contributed by atoms with E-state index in [9.17, 15) is 17.3 Å². The second-order valence-electron chi connectivity index (χ2n) is 7.39. The maximum absolute atomic E-state index is 9.75. The highest BCUT2D eigenvalue weighted by Gasteiger charge is 2.37. The molecule has 0 saturated carbocycles. The van der Waals surface area contributed by atoms with E-state index in [1.165, 1.54) is 22.3 Å². The lowest BCUT2D eigenvalue weighted by atomic mass is 10.3. The minimum Gasteiger partial charge on any atom is -0.418 e. The summed E-state index contributed by atoms with van der Waals surface area (Å²) in [6.45, 7) is 12.7. The number of para-hydroxylation sites is 1. The van der Waals surface area contributed by atoms with Gasteiger partial charge in [0.15, 0.2) is 6.54 Å². The molecule has 0 amide bonds. The van der Waals surface area contributed by atoms with E-state index >= 15 is 0 Å². The molecule has 2 nitrogen and oxygen atoms in total. The number of aromatic nitrogens is 2. The smallest absolute Gasteiger partial charge is 0.418 e. The molecule has 0 aliphatic rings. The molecular weight excluding hydrogens is 395 g/mol. The van der Waals surface area contributed by atoms with Gasteiger partial charge in [-0.2, -0.15) is 0 Å². The first-order valence-electron chi connectivity index (χ1n) is 9.59. The number of rotatable bonds is 4. The first-order valence-corrected chi connectivity index (χ1v) is 12.6. The molecule has 3 aromatic rings. The highest BCUT2D eigenvalue weighted by molar-refractivity contribution is 7.00. The van der Waals surface area contributed by atoms with Gasteiger partial charge in [-0.05, 0) is 26.0 Å². The Morgan fingerprint density at radius 1 is 0.862 bits per heavy atom. The van der Waals surface area contributed by atoms with Gasteiger partial charge in [0.1, 0.15) is 13.8 Å². The van der Waals surface area contributed by atoms with Crippen LogP contribution in [0.25, 0.3) is 5.69 Å². The molecule has 0 bridgehead atoms. The number of hydrogen-bond acceptors (Lipinski definition) is 0. The van der Waals surface area contributed by atoms with Crippen LogP contribution in [0, 0.1) is 13.8 Å². The molecule has 156 valence electrons. The third-order valence-corrected chi connectivity index (χ3v) is 8.84. The third-order valence-electron chi connectivity index (χ3n) is 5.09. The fourth-order valence-corrected chi connectivity index (χ4v) is 7.37. The van der Waals surface area contributed by atoms with Crippen LogP contribution in [0.5, 0.6) is 0 Å². The van der Waals surface area contributed by atoms with E-state index in [0.29, 0.717) is 0 Å². The Morgan fingerprint density at radius 2 is 1.31 bits per heavy atom. The maximum Gasteiger partial charge on any atom is 0.673 e. The number of halogens is 4. The Labute approximate surface area is 170 Å². The Balaban J connectivity index is 0.000000537. The minimum absolute atomic E-state index is 0.973. The van der Waals surface area contributed by atoms with E-state index < -0.39 is 15.3 Å². The molecule has 0 saturated heterocycles. The first kappa shape index (κ1) is 22.9. The molecule has 0 aliphatic heterocycles. The summed E-state index contributed by atoms with van der Waals surface area (Å²) in [7, 11) is -7.75. The average Bonchev–Trinajstić information content (AvgIpc) is 2.92. The molecule has 0 aliphatic carbocycles. The molecule has 0 unspecified atom stereocenters. The van der Waals surface area contributed by atoms with Gasteiger partial charge in [-0.3, -0.25) is 0 Å². The molecule has 8 heteroatoms. The molecule has 0 fully saturated rings. The number of benzene rings is 2. The van der Waals surface area contributed by atoms with Crippen LogP contribution >= 0.6 is 0 Å². The van der Waals surface area contributed by atoms with E-state index in [4.69, 9.17) is 0 Å². The van der Waals surface area contributed by atoms with Gasteiger partial charge in [-0.15, -0.1) is 9.36 Å². The van der Waals surface area contributed by atoms with Crippen LogP contribution in [-0.2, 0) is 6.54 Å². The first-order chi connectivity index (χ1) is 13.5. The Hall–Kier alpha value is -2.35. The second-order valence-corrected chi connectivity index (χ2v) is 11.7. The minimum atomic E-state index is -6.00. The quantitative estimate of drug-likeness (QED) is 0.332. The van der Waals surface area contributed by atoms with E-state index in [1.54, 1.807) is 5.19 Å². The van der Waals surface area contributed by atoms with Crippen LogP contribution in [0.3, 0.4) is 0 Å². The molecule has 3 rings (SSSR count). The Kier molecular flexibility index (Phi) is 7.11. The molecule has 0 N–H and O–H groups in total. The van der Waals surface area contributed by atoms with Gasteiger partial charge < -0.3 is 17.3 Å². The normalized spacial score (nSPS) is 11.8. The standard InChI is InChI=1S/C21H27N2Si.BF4/c1-6-22-17(2)21(24(4,5)20-15-11-8-12-16-20)18(3)23(22)19-13-9-7-10-14-19;2-1(3,4)5/h7-16H,6H2,1-5H3;/q+1;-1. The Morgan fingerprint density at radius 3 is 1.76 bits per heavy atom. The van der Waals surface area contributed by atoms with Crippen molar-refractivity contribution >= 4 is 25.7 Å². The topological polar surface area (TPSA) is 8.81 Å². The molecule has 1 aromatic heterocycles.